The minimum atomic E-state index is 0.00491. The molecule has 2 saturated heterocycles. The largest absolute Gasteiger partial charge is 0.332 e. The molecule has 0 spiro atoms. The van der Waals surface area contributed by atoms with E-state index in [-0.39, 0.29) is 6.03 Å². The lowest BCUT2D eigenvalue weighted by atomic mass is 10.2. The van der Waals surface area contributed by atoms with Crippen molar-refractivity contribution in [1.82, 2.24) is 10.6 Å². The molecule has 0 saturated carbocycles. The van der Waals surface area contributed by atoms with Crippen LogP contribution in [0.1, 0.15) is 47.0 Å². The summed E-state index contributed by atoms with van der Waals surface area (Å²) in [6, 6.07) is 0.815. The summed E-state index contributed by atoms with van der Waals surface area (Å²) in [7, 11) is 0. The van der Waals surface area contributed by atoms with Crippen LogP contribution in [0.25, 0.3) is 0 Å². The van der Waals surface area contributed by atoms with Gasteiger partial charge in [0.25, 0.3) is 0 Å². The van der Waals surface area contributed by atoms with Crippen molar-refractivity contribution in [2.75, 3.05) is 11.5 Å². The SMILES string of the molecule is CC.CCCCC(C)=O.O=C1NC2CSCC2N1. The van der Waals surface area contributed by atoms with Gasteiger partial charge in [-0.15, -0.1) is 0 Å². The molecule has 18 heavy (non-hydrogen) atoms. The fourth-order valence-electron chi connectivity index (χ4n) is 1.64. The van der Waals surface area contributed by atoms with Gasteiger partial charge in [0.1, 0.15) is 5.78 Å². The maximum Gasteiger partial charge on any atom is 0.315 e. The average molecular weight is 274 g/mol. The Hall–Kier alpha value is -0.710. The van der Waals surface area contributed by atoms with Crippen LogP contribution in [0.15, 0.2) is 0 Å². The van der Waals surface area contributed by atoms with Gasteiger partial charge < -0.3 is 15.4 Å². The van der Waals surface area contributed by atoms with Gasteiger partial charge in [0.15, 0.2) is 0 Å². The number of fused-ring (bicyclic) bond motifs is 1. The van der Waals surface area contributed by atoms with Crippen LogP contribution < -0.4 is 10.6 Å². The van der Waals surface area contributed by atoms with Crippen LogP contribution in [0.2, 0.25) is 0 Å². The molecule has 2 unspecified atom stereocenters. The Bertz CT molecular complexity index is 245. The van der Waals surface area contributed by atoms with Gasteiger partial charge in [-0.25, -0.2) is 4.79 Å². The third-order valence-electron chi connectivity index (χ3n) is 2.60. The van der Waals surface area contributed by atoms with Crippen molar-refractivity contribution in [1.29, 1.82) is 0 Å². The summed E-state index contributed by atoms with van der Waals surface area (Å²) in [6.07, 6.45) is 2.94. The molecule has 0 aliphatic carbocycles. The van der Waals surface area contributed by atoms with Crippen LogP contribution >= 0.6 is 11.8 Å². The maximum absolute atomic E-state index is 10.6. The van der Waals surface area contributed by atoms with Gasteiger partial charge in [0.2, 0.25) is 0 Å². The third kappa shape index (κ3) is 6.89. The molecule has 0 aromatic rings. The van der Waals surface area contributed by atoms with E-state index >= 15 is 0 Å². The van der Waals surface area contributed by atoms with E-state index in [1.807, 2.05) is 25.6 Å². The molecule has 2 aliphatic rings. The van der Waals surface area contributed by atoms with Crippen LogP contribution in [-0.4, -0.2) is 35.4 Å². The van der Waals surface area contributed by atoms with Crippen LogP contribution in [0.3, 0.4) is 0 Å². The molecule has 2 amide bonds. The summed E-state index contributed by atoms with van der Waals surface area (Å²) < 4.78 is 0. The number of rotatable bonds is 3. The monoisotopic (exact) mass is 274 g/mol. The minimum absolute atomic E-state index is 0.00491. The molecular formula is C13H26N2O2S. The highest BCUT2D eigenvalue weighted by atomic mass is 32.2. The normalized spacial score (nSPS) is 23.7. The van der Waals surface area contributed by atoms with E-state index in [1.165, 1.54) is 0 Å². The van der Waals surface area contributed by atoms with Gasteiger partial charge in [0.05, 0.1) is 12.1 Å². The zero-order valence-electron chi connectivity index (χ0n) is 11.9. The molecule has 4 nitrogen and oxygen atoms in total. The van der Waals surface area contributed by atoms with E-state index in [0.717, 1.165) is 30.8 Å². The van der Waals surface area contributed by atoms with Gasteiger partial charge in [-0.1, -0.05) is 27.2 Å². The fourth-order valence-corrected chi connectivity index (χ4v) is 2.92. The Morgan fingerprint density at radius 3 is 2.11 bits per heavy atom. The summed E-state index contributed by atoms with van der Waals surface area (Å²) in [5, 5.41) is 5.69. The number of hydrogen-bond acceptors (Lipinski definition) is 3. The molecule has 2 heterocycles. The first-order valence-corrected chi connectivity index (χ1v) is 7.93. The smallest absolute Gasteiger partial charge is 0.315 e. The first-order valence-electron chi connectivity index (χ1n) is 6.77. The van der Waals surface area contributed by atoms with Gasteiger partial charge in [-0.2, -0.15) is 11.8 Å². The van der Waals surface area contributed by atoms with Crippen LogP contribution in [0.5, 0.6) is 0 Å². The van der Waals surface area contributed by atoms with Crippen molar-refractivity contribution >= 4 is 23.6 Å². The number of carbonyl (C=O) groups is 2. The number of amides is 2. The minimum Gasteiger partial charge on any atom is -0.332 e. The maximum atomic E-state index is 10.6. The molecule has 2 rings (SSSR count). The zero-order valence-corrected chi connectivity index (χ0v) is 12.7. The average Bonchev–Trinajstić information content (AvgIpc) is 2.90. The van der Waals surface area contributed by atoms with Gasteiger partial charge in [-0.05, 0) is 13.3 Å². The lowest BCUT2D eigenvalue weighted by Crippen LogP contribution is -2.31. The fraction of sp³-hybridized carbons (Fsp3) is 0.846. The highest BCUT2D eigenvalue weighted by Gasteiger charge is 2.35. The van der Waals surface area contributed by atoms with Crippen LogP contribution in [0.4, 0.5) is 4.79 Å². The third-order valence-corrected chi connectivity index (χ3v) is 3.79. The molecule has 106 valence electrons. The Labute approximate surface area is 115 Å². The molecule has 5 heteroatoms. The van der Waals surface area contributed by atoms with E-state index in [1.54, 1.807) is 6.92 Å². The van der Waals surface area contributed by atoms with E-state index in [9.17, 15) is 9.59 Å². The van der Waals surface area contributed by atoms with Crippen LogP contribution in [-0.2, 0) is 4.79 Å². The highest BCUT2D eigenvalue weighted by Crippen LogP contribution is 2.20. The quantitative estimate of drug-likeness (QED) is 0.778. The van der Waals surface area contributed by atoms with Gasteiger partial charge in [0, 0.05) is 17.9 Å². The summed E-state index contributed by atoms with van der Waals surface area (Å²) in [4.78, 5) is 20.8. The van der Waals surface area contributed by atoms with Gasteiger partial charge in [-0.3, -0.25) is 0 Å². The second-order valence-corrected chi connectivity index (χ2v) is 5.25. The second kappa shape index (κ2) is 10.2. The number of nitrogens with one attached hydrogen (secondary N) is 2. The van der Waals surface area contributed by atoms with Gasteiger partial charge >= 0.3 is 6.03 Å². The van der Waals surface area contributed by atoms with Crippen molar-refractivity contribution in [2.24, 2.45) is 0 Å². The lowest BCUT2D eigenvalue weighted by Gasteiger charge is -2.02. The number of Topliss-reactive ketones (excluding diaryl/α,β-unsaturated/α-hetero) is 1. The molecule has 0 radical (unpaired) electrons. The number of urea groups is 1. The standard InChI is InChI=1S/C6H12O.C5H8N2OS.C2H6/c1-3-4-5-6(2)7;8-5-6-3-1-9-2-4(3)7-5;1-2/h3-5H2,1-2H3;3-4H,1-2H2,(H2,6,7,8);1-2H3. The number of ketones is 1. The van der Waals surface area contributed by atoms with Crippen molar-refractivity contribution in [2.45, 2.75) is 59.0 Å². The Morgan fingerprint density at radius 2 is 1.78 bits per heavy atom. The number of carbonyl (C=O) groups excluding carboxylic acids is 2. The van der Waals surface area contributed by atoms with E-state index < -0.39 is 0 Å². The molecule has 0 bridgehead atoms. The van der Waals surface area contributed by atoms with Crippen molar-refractivity contribution in [3.63, 3.8) is 0 Å². The molecule has 0 aromatic heterocycles. The number of unbranched alkanes of at least 4 members (excludes halogenated alkanes) is 1. The molecule has 2 fully saturated rings. The summed E-state index contributed by atoms with van der Waals surface area (Å²) >= 11 is 1.89. The van der Waals surface area contributed by atoms with E-state index in [0.29, 0.717) is 17.9 Å². The van der Waals surface area contributed by atoms with E-state index in [2.05, 4.69) is 17.6 Å². The van der Waals surface area contributed by atoms with Crippen molar-refractivity contribution in [3.05, 3.63) is 0 Å². The second-order valence-electron chi connectivity index (χ2n) is 4.17. The Morgan fingerprint density at radius 1 is 1.28 bits per heavy atom. The van der Waals surface area contributed by atoms with E-state index in [4.69, 9.17) is 0 Å². The zero-order chi connectivity index (χ0) is 14.0. The predicted molar refractivity (Wildman–Crippen MR) is 78.1 cm³/mol. The first kappa shape index (κ1) is 17.3. The molecule has 2 atom stereocenters. The summed E-state index contributed by atoms with van der Waals surface area (Å²) in [5.41, 5.74) is 0. The van der Waals surface area contributed by atoms with Crippen molar-refractivity contribution in [3.8, 4) is 0 Å². The first-order chi connectivity index (χ1) is 8.63. The Balaban J connectivity index is 0.000000292. The Kier molecular flexibility index (Phi) is 9.83. The lowest BCUT2D eigenvalue weighted by molar-refractivity contribution is -0.117. The molecule has 2 N–H and O–H groups in total. The number of hydrogen-bond donors (Lipinski definition) is 2. The predicted octanol–water partition coefficient (Wildman–Crippen LogP) is 2.58. The summed E-state index contributed by atoms with van der Waals surface area (Å²) in [6.45, 7) is 7.72. The molecule has 0 aromatic carbocycles. The highest BCUT2D eigenvalue weighted by molar-refractivity contribution is 7.99. The van der Waals surface area contributed by atoms with Crippen molar-refractivity contribution < 1.29 is 9.59 Å². The number of thioether (sulfide) groups is 1. The summed E-state index contributed by atoms with van der Waals surface area (Å²) in [5.74, 6) is 2.45. The molecule has 2 aliphatic heterocycles. The topological polar surface area (TPSA) is 58.2 Å². The van der Waals surface area contributed by atoms with Crippen LogP contribution in [0, 0.1) is 0 Å². The molecular weight excluding hydrogens is 248 g/mol.